The number of aromatic nitrogens is 2. The van der Waals surface area contributed by atoms with Crippen LogP contribution in [0.5, 0.6) is 0 Å². The fourth-order valence-electron chi connectivity index (χ4n) is 2.13. The summed E-state index contributed by atoms with van der Waals surface area (Å²) < 4.78 is 8.71. The van der Waals surface area contributed by atoms with Gasteiger partial charge < -0.3 is 10.5 Å². The molecule has 0 radical (unpaired) electrons. The van der Waals surface area contributed by atoms with Gasteiger partial charge in [-0.3, -0.25) is 4.68 Å². The Balaban J connectivity index is 3.07. The third-order valence-electron chi connectivity index (χ3n) is 2.96. The van der Waals surface area contributed by atoms with E-state index in [0.29, 0.717) is 12.5 Å². The van der Waals surface area contributed by atoms with E-state index in [0.717, 1.165) is 10.2 Å². The molecular weight excluding hydrogens is 294 g/mol. The summed E-state index contributed by atoms with van der Waals surface area (Å²) in [4.78, 5) is 0. The van der Waals surface area contributed by atoms with Crippen LogP contribution in [0.3, 0.4) is 0 Å². The Morgan fingerprint density at radius 1 is 1.39 bits per heavy atom. The summed E-state index contributed by atoms with van der Waals surface area (Å²) in [5.41, 5.74) is 7.41. The molecule has 1 aromatic heterocycles. The van der Waals surface area contributed by atoms with E-state index in [-0.39, 0.29) is 18.2 Å². The maximum atomic E-state index is 6.39. The standard InChI is InChI=1S/C13H24BrN3O/c1-6-18-13(8(2)3)11(15)12-10(14)7-16-17(12)9(4)5/h7-9,11,13H,6,15H2,1-5H3. The van der Waals surface area contributed by atoms with Crippen molar-refractivity contribution < 1.29 is 4.74 Å². The van der Waals surface area contributed by atoms with E-state index in [1.165, 1.54) is 0 Å². The summed E-state index contributed by atoms with van der Waals surface area (Å²) in [7, 11) is 0. The number of nitrogens with two attached hydrogens (primary N) is 1. The number of hydrogen-bond acceptors (Lipinski definition) is 3. The molecular formula is C13H24BrN3O. The molecule has 2 atom stereocenters. The highest BCUT2D eigenvalue weighted by atomic mass is 79.9. The lowest BCUT2D eigenvalue weighted by Crippen LogP contribution is -2.35. The van der Waals surface area contributed by atoms with E-state index in [9.17, 15) is 0 Å². The molecule has 4 nitrogen and oxygen atoms in total. The zero-order valence-electron chi connectivity index (χ0n) is 11.9. The van der Waals surface area contributed by atoms with Crippen LogP contribution in [0.4, 0.5) is 0 Å². The van der Waals surface area contributed by atoms with Crippen molar-refractivity contribution in [2.45, 2.75) is 52.8 Å². The van der Waals surface area contributed by atoms with Crippen LogP contribution in [0.25, 0.3) is 0 Å². The van der Waals surface area contributed by atoms with Crippen LogP contribution in [0.15, 0.2) is 10.7 Å². The van der Waals surface area contributed by atoms with Gasteiger partial charge in [0.05, 0.1) is 28.5 Å². The van der Waals surface area contributed by atoms with Crippen molar-refractivity contribution in [3.05, 3.63) is 16.4 Å². The molecule has 1 rings (SSSR count). The van der Waals surface area contributed by atoms with Crippen LogP contribution in [0.2, 0.25) is 0 Å². The molecule has 0 saturated carbocycles. The Labute approximate surface area is 118 Å². The quantitative estimate of drug-likeness (QED) is 0.876. The Morgan fingerprint density at radius 2 is 2.00 bits per heavy atom. The number of nitrogens with zero attached hydrogens (tertiary/aromatic N) is 2. The van der Waals surface area contributed by atoms with Gasteiger partial charge in [0, 0.05) is 12.6 Å². The molecule has 0 aromatic carbocycles. The minimum Gasteiger partial charge on any atom is -0.376 e. The van der Waals surface area contributed by atoms with Gasteiger partial charge in [-0.2, -0.15) is 5.10 Å². The molecule has 104 valence electrons. The summed E-state index contributed by atoms with van der Waals surface area (Å²) in [6.45, 7) is 11.1. The molecule has 0 bridgehead atoms. The zero-order valence-corrected chi connectivity index (χ0v) is 13.4. The van der Waals surface area contributed by atoms with Gasteiger partial charge in [-0.15, -0.1) is 0 Å². The zero-order chi connectivity index (χ0) is 13.9. The van der Waals surface area contributed by atoms with E-state index in [1.807, 2.05) is 11.6 Å². The van der Waals surface area contributed by atoms with Crippen molar-refractivity contribution in [3.8, 4) is 0 Å². The predicted molar refractivity (Wildman–Crippen MR) is 77.5 cm³/mol. The third-order valence-corrected chi connectivity index (χ3v) is 3.57. The summed E-state index contributed by atoms with van der Waals surface area (Å²) in [6.07, 6.45) is 1.80. The molecule has 1 aromatic rings. The molecule has 1 heterocycles. The lowest BCUT2D eigenvalue weighted by molar-refractivity contribution is 0.00991. The van der Waals surface area contributed by atoms with Crippen molar-refractivity contribution in [2.24, 2.45) is 11.7 Å². The monoisotopic (exact) mass is 317 g/mol. The average Bonchev–Trinajstić information content (AvgIpc) is 2.66. The lowest BCUT2D eigenvalue weighted by Gasteiger charge is -2.28. The molecule has 2 unspecified atom stereocenters. The van der Waals surface area contributed by atoms with Gasteiger partial charge in [-0.1, -0.05) is 13.8 Å². The van der Waals surface area contributed by atoms with Crippen molar-refractivity contribution in [1.29, 1.82) is 0 Å². The van der Waals surface area contributed by atoms with Gasteiger partial charge in [-0.05, 0) is 42.6 Å². The number of halogens is 1. The minimum atomic E-state index is -0.177. The number of hydrogen-bond donors (Lipinski definition) is 1. The van der Waals surface area contributed by atoms with Crippen molar-refractivity contribution in [1.82, 2.24) is 9.78 Å². The van der Waals surface area contributed by atoms with Crippen molar-refractivity contribution in [3.63, 3.8) is 0 Å². The molecule has 0 fully saturated rings. The van der Waals surface area contributed by atoms with Gasteiger partial charge in [0.25, 0.3) is 0 Å². The van der Waals surface area contributed by atoms with Gasteiger partial charge in [0.1, 0.15) is 0 Å². The molecule has 5 heteroatoms. The van der Waals surface area contributed by atoms with Crippen LogP contribution >= 0.6 is 15.9 Å². The fourth-order valence-corrected chi connectivity index (χ4v) is 2.67. The smallest absolute Gasteiger partial charge is 0.0805 e. The summed E-state index contributed by atoms with van der Waals surface area (Å²) in [5, 5.41) is 4.37. The number of rotatable bonds is 6. The first kappa shape index (κ1) is 15.7. The molecule has 18 heavy (non-hydrogen) atoms. The first-order chi connectivity index (χ1) is 8.40. The maximum Gasteiger partial charge on any atom is 0.0805 e. The maximum absolute atomic E-state index is 6.39. The van der Waals surface area contributed by atoms with Crippen LogP contribution < -0.4 is 5.73 Å². The first-order valence-electron chi connectivity index (χ1n) is 6.50. The van der Waals surface area contributed by atoms with Gasteiger partial charge in [-0.25, -0.2) is 0 Å². The molecule has 0 spiro atoms. The Morgan fingerprint density at radius 3 is 2.44 bits per heavy atom. The van der Waals surface area contributed by atoms with Crippen molar-refractivity contribution in [2.75, 3.05) is 6.61 Å². The van der Waals surface area contributed by atoms with E-state index in [4.69, 9.17) is 10.5 Å². The lowest BCUT2D eigenvalue weighted by atomic mass is 9.97. The first-order valence-corrected chi connectivity index (χ1v) is 7.29. The largest absolute Gasteiger partial charge is 0.376 e. The summed E-state index contributed by atoms with van der Waals surface area (Å²) >= 11 is 3.54. The van der Waals surface area contributed by atoms with E-state index < -0.39 is 0 Å². The fraction of sp³-hybridized carbons (Fsp3) is 0.769. The minimum absolute atomic E-state index is 0.000463. The molecule has 0 aliphatic heterocycles. The molecule has 0 aliphatic rings. The highest BCUT2D eigenvalue weighted by Crippen LogP contribution is 2.30. The molecule has 0 amide bonds. The Kier molecular flexibility index (Phi) is 5.82. The SMILES string of the molecule is CCOC(C(C)C)C(N)c1c(Br)cnn1C(C)C. The Hall–Kier alpha value is -0.390. The van der Waals surface area contributed by atoms with E-state index in [2.05, 4.69) is 48.7 Å². The van der Waals surface area contributed by atoms with Crippen LogP contribution in [0.1, 0.15) is 52.4 Å². The second-order valence-corrected chi connectivity index (χ2v) is 5.96. The molecule has 0 saturated heterocycles. The van der Waals surface area contributed by atoms with Crippen LogP contribution in [0, 0.1) is 5.92 Å². The second-order valence-electron chi connectivity index (χ2n) is 5.11. The van der Waals surface area contributed by atoms with Gasteiger partial charge in [0.2, 0.25) is 0 Å². The predicted octanol–water partition coefficient (Wildman–Crippen LogP) is 3.29. The third kappa shape index (κ3) is 3.33. The Bertz CT molecular complexity index is 376. The average molecular weight is 318 g/mol. The summed E-state index contributed by atoms with van der Waals surface area (Å²) in [6, 6.07) is 0.107. The molecule has 2 N–H and O–H groups in total. The highest BCUT2D eigenvalue weighted by molar-refractivity contribution is 9.10. The number of ether oxygens (including phenoxy) is 1. The van der Waals surface area contributed by atoms with Gasteiger partial charge >= 0.3 is 0 Å². The highest BCUT2D eigenvalue weighted by Gasteiger charge is 2.28. The van der Waals surface area contributed by atoms with Gasteiger partial charge in [0.15, 0.2) is 0 Å². The van der Waals surface area contributed by atoms with Crippen LogP contribution in [-0.4, -0.2) is 22.5 Å². The van der Waals surface area contributed by atoms with E-state index >= 15 is 0 Å². The van der Waals surface area contributed by atoms with Crippen molar-refractivity contribution >= 4 is 15.9 Å². The second kappa shape index (κ2) is 6.68. The van der Waals surface area contributed by atoms with Crippen LogP contribution in [-0.2, 0) is 4.74 Å². The normalized spacial score (nSPS) is 15.4. The molecule has 0 aliphatic carbocycles. The summed E-state index contributed by atoms with van der Waals surface area (Å²) in [5.74, 6) is 0.363. The van der Waals surface area contributed by atoms with E-state index in [1.54, 1.807) is 6.20 Å². The topological polar surface area (TPSA) is 53.1 Å².